The highest BCUT2D eigenvalue weighted by atomic mass is 19.1. The van der Waals surface area contributed by atoms with Gasteiger partial charge in [0.15, 0.2) is 5.69 Å². The third-order valence-corrected chi connectivity index (χ3v) is 2.60. The summed E-state index contributed by atoms with van der Waals surface area (Å²) in [5.74, 6) is -1.20. The third-order valence-electron chi connectivity index (χ3n) is 2.60. The first kappa shape index (κ1) is 12.1. The van der Waals surface area contributed by atoms with Crippen molar-refractivity contribution in [2.45, 2.75) is 0 Å². The van der Waals surface area contributed by atoms with E-state index in [1.165, 1.54) is 41.1 Å². The van der Waals surface area contributed by atoms with E-state index in [2.05, 4.69) is 9.97 Å². The molecular formula is C13H8FN3O3. The molecule has 0 aliphatic carbocycles. The van der Waals surface area contributed by atoms with Crippen LogP contribution in [0.1, 0.15) is 10.5 Å². The summed E-state index contributed by atoms with van der Waals surface area (Å²) in [5.41, 5.74) is -0.141. The van der Waals surface area contributed by atoms with E-state index in [9.17, 15) is 14.3 Å². The van der Waals surface area contributed by atoms with Gasteiger partial charge in [0, 0.05) is 12.4 Å². The minimum absolute atomic E-state index is 0.0946. The average molecular weight is 273 g/mol. The Bertz CT molecular complexity index is 783. The van der Waals surface area contributed by atoms with Gasteiger partial charge in [-0.1, -0.05) is 0 Å². The maximum atomic E-state index is 12.8. The van der Waals surface area contributed by atoms with E-state index < -0.39 is 11.8 Å². The summed E-state index contributed by atoms with van der Waals surface area (Å²) in [7, 11) is 0. The number of hydrogen-bond acceptors (Lipinski definition) is 4. The summed E-state index contributed by atoms with van der Waals surface area (Å²) in [5, 5.41) is 9.25. The number of halogens is 1. The molecule has 0 saturated carbocycles. The molecule has 20 heavy (non-hydrogen) atoms. The minimum Gasteiger partial charge on any atom is -0.476 e. The molecule has 1 aromatic carbocycles. The van der Waals surface area contributed by atoms with E-state index >= 15 is 0 Å². The van der Waals surface area contributed by atoms with E-state index in [0.29, 0.717) is 0 Å². The minimum atomic E-state index is -1.19. The fourth-order valence-corrected chi connectivity index (χ4v) is 1.75. The normalized spacial score (nSPS) is 10.7. The van der Waals surface area contributed by atoms with Crippen LogP contribution in [0.25, 0.3) is 5.78 Å². The van der Waals surface area contributed by atoms with Crippen molar-refractivity contribution in [2.24, 2.45) is 0 Å². The summed E-state index contributed by atoms with van der Waals surface area (Å²) in [6.07, 6.45) is 3.02. The van der Waals surface area contributed by atoms with Gasteiger partial charge in [-0.3, -0.25) is 4.40 Å². The number of imidazole rings is 1. The summed E-state index contributed by atoms with van der Waals surface area (Å²) in [4.78, 5) is 19.3. The van der Waals surface area contributed by atoms with Gasteiger partial charge in [0.1, 0.15) is 11.6 Å². The molecule has 2 aromatic heterocycles. The predicted octanol–water partition coefficient (Wildman–Crippen LogP) is 2.36. The van der Waals surface area contributed by atoms with Gasteiger partial charge in [0.25, 0.3) is 5.88 Å². The lowest BCUT2D eigenvalue weighted by Crippen LogP contribution is -2.03. The van der Waals surface area contributed by atoms with Crippen molar-refractivity contribution in [2.75, 3.05) is 0 Å². The molecule has 0 saturated heterocycles. The standard InChI is InChI=1S/C13H8FN3O3/c14-8-2-4-9(5-3-8)20-11-10(12(18)19)17-7-1-6-15-13(17)16-11/h1-7H,(H,18,19). The Hall–Kier alpha value is -2.96. The number of fused-ring (bicyclic) bond motifs is 1. The molecule has 1 N–H and O–H groups in total. The second kappa shape index (κ2) is 4.61. The second-order valence-corrected chi connectivity index (χ2v) is 3.92. The molecule has 3 aromatic rings. The number of aromatic carboxylic acids is 1. The number of aromatic nitrogens is 3. The average Bonchev–Trinajstić information content (AvgIpc) is 2.79. The van der Waals surface area contributed by atoms with Crippen LogP contribution in [0.5, 0.6) is 11.6 Å². The molecular weight excluding hydrogens is 265 g/mol. The SMILES string of the molecule is O=C(O)c1c(Oc2ccc(F)cc2)nc2ncccn12. The summed E-state index contributed by atoms with van der Waals surface area (Å²) in [6.45, 7) is 0. The number of carbonyl (C=O) groups is 1. The highest BCUT2D eigenvalue weighted by molar-refractivity contribution is 5.89. The molecule has 0 bridgehead atoms. The van der Waals surface area contributed by atoms with Crippen LogP contribution < -0.4 is 4.74 Å². The van der Waals surface area contributed by atoms with Gasteiger partial charge in [-0.25, -0.2) is 14.2 Å². The maximum absolute atomic E-state index is 12.8. The molecule has 2 heterocycles. The quantitative estimate of drug-likeness (QED) is 0.792. The Kier molecular flexibility index (Phi) is 2.79. The zero-order valence-corrected chi connectivity index (χ0v) is 10.0. The van der Waals surface area contributed by atoms with Gasteiger partial charge in [-0.2, -0.15) is 4.98 Å². The molecule has 0 atom stereocenters. The Morgan fingerprint density at radius 2 is 2.05 bits per heavy atom. The third kappa shape index (κ3) is 2.05. The summed E-state index contributed by atoms with van der Waals surface area (Å²) < 4.78 is 19.5. The van der Waals surface area contributed by atoms with Crippen molar-refractivity contribution in [1.82, 2.24) is 14.4 Å². The van der Waals surface area contributed by atoms with Gasteiger partial charge < -0.3 is 9.84 Å². The number of benzene rings is 1. The lowest BCUT2D eigenvalue weighted by atomic mass is 10.3. The Labute approximate surface area is 112 Å². The number of hydrogen-bond donors (Lipinski definition) is 1. The molecule has 7 heteroatoms. The van der Waals surface area contributed by atoms with Crippen molar-refractivity contribution >= 4 is 11.7 Å². The summed E-state index contributed by atoms with van der Waals surface area (Å²) in [6, 6.07) is 6.78. The first-order chi connectivity index (χ1) is 9.65. The monoisotopic (exact) mass is 273 g/mol. The molecule has 0 aliphatic rings. The van der Waals surface area contributed by atoms with Crippen molar-refractivity contribution in [3.05, 3.63) is 54.2 Å². The van der Waals surface area contributed by atoms with Gasteiger partial charge in [-0.15, -0.1) is 0 Å². The van der Waals surface area contributed by atoms with Crippen LogP contribution in [0.2, 0.25) is 0 Å². The molecule has 3 rings (SSSR count). The lowest BCUT2D eigenvalue weighted by Gasteiger charge is -2.03. The zero-order valence-electron chi connectivity index (χ0n) is 10.0. The zero-order chi connectivity index (χ0) is 14.1. The number of ether oxygens (including phenoxy) is 1. The number of rotatable bonds is 3. The van der Waals surface area contributed by atoms with E-state index in [1.807, 2.05) is 0 Å². The van der Waals surface area contributed by atoms with Crippen LogP contribution in [0.3, 0.4) is 0 Å². The van der Waals surface area contributed by atoms with E-state index in [4.69, 9.17) is 4.74 Å². The van der Waals surface area contributed by atoms with Gasteiger partial charge in [0.2, 0.25) is 5.78 Å². The van der Waals surface area contributed by atoms with Crippen LogP contribution in [0.15, 0.2) is 42.7 Å². The number of carboxylic acid groups (broad SMARTS) is 1. The number of nitrogens with zero attached hydrogens (tertiary/aromatic N) is 3. The smallest absolute Gasteiger partial charge is 0.358 e. The predicted molar refractivity (Wildman–Crippen MR) is 66.4 cm³/mol. The molecule has 100 valence electrons. The summed E-state index contributed by atoms with van der Waals surface area (Å²) >= 11 is 0. The van der Waals surface area contributed by atoms with Gasteiger partial charge in [-0.05, 0) is 30.3 Å². The maximum Gasteiger partial charge on any atom is 0.358 e. The van der Waals surface area contributed by atoms with E-state index in [1.54, 1.807) is 6.07 Å². The second-order valence-electron chi connectivity index (χ2n) is 3.92. The molecule has 6 nitrogen and oxygen atoms in total. The molecule has 0 spiro atoms. The van der Waals surface area contributed by atoms with E-state index in [0.717, 1.165) is 0 Å². The first-order valence-electron chi connectivity index (χ1n) is 5.65. The van der Waals surface area contributed by atoms with Gasteiger partial charge >= 0.3 is 5.97 Å². The molecule has 0 amide bonds. The van der Waals surface area contributed by atoms with Crippen molar-refractivity contribution in [1.29, 1.82) is 0 Å². The largest absolute Gasteiger partial charge is 0.476 e. The molecule has 0 unspecified atom stereocenters. The Morgan fingerprint density at radius 3 is 2.75 bits per heavy atom. The van der Waals surface area contributed by atoms with Crippen LogP contribution in [-0.4, -0.2) is 25.4 Å². The fourth-order valence-electron chi connectivity index (χ4n) is 1.75. The van der Waals surface area contributed by atoms with Crippen LogP contribution >= 0.6 is 0 Å². The van der Waals surface area contributed by atoms with Crippen LogP contribution in [-0.2, 0) is 0 Å². The number of carboxylic acids is 1. The lowest BCUT2D eigenvalue weighted by molar-refractivity contribution is 0.0686. The van der Waals surface area contributed by atoms with Gasteiger partial charge in [0.05, 0.1) is 0 Å². The Morgan fingerprint density at radius 1 is 1.30 bits per heavy atom. The highest BCUT2D eigenvalue weighted by Gasteiger charge is 2.21. The van der Waals surface area contributed by atoms with Crippen molar-refractivity contribution < 1.29 is 19.0 Å². The molecule has 0 aliphatic heterocycles. The first-order valence-corrected chi connectivity index (χ1v) is 5.65. The van der Waals surface area contributed by atoms with Crippen LogP contribution in [0.4, 0.5) is 4.39 Å². The van der Waals surface area contributed by atoms with Crippen molar-refractivity contribution in [3.8, 4) is 11.6 Å². The Balaban J connectivity index is 2.08. The van der Waals surface area contributed by atoms with E-state index in [-0.39, 0.29) is 23.1 Å². The highest BCUT2D eigenvalue weighted by Crippen LogP contribution is 2.25. The topological polar surface area (TPSA) is 76.7 Å². The molecule has 0 radical (unpaired) electrons. The molecule has 0 fully saturated rings. The fraction of sp³-hybridized carbons (Fsp3) is 0. The van der Waals surface area contributed by atoms with Crippen LogP contribution in [0, 0.1) is 5.82 Å². The van der Waals surface area contributed by atoms with Crippen molar-refractivity contribution in [3.63, 3.8) is 0 Å².